The molecule has 79 heavy (non-hydrogen) atoms. The zero-order valence-electron chi connectivity index (χ0n) is 48.9. The Hall–Kier alpha value is -1.21. The molecule has 1 amide bonds. The maximum Gasteiger partial charge on any atom is 0.220 e. The molecular formula is C60H115NO18. The minimum atomic E-state index is -1.97. The SMILES string of the molecule is CCCCCCCCCCCCCCCCCCCCCCCC(O)C(COC1OC(CO)C(OC2OC(CO)C(OC3OC(CO)C(O)C(O)C3O)C(O)C2O)C(O)C1O)NC(=O)CCCCCCCCCCCCCCC. The van der Waals surface area contributed by atoms with Crippen molar-refractivity contribution in [3.05, 3.63) is 0 Å². The minimum Gasteiger partial charge on any atom is -0.394 e. The number of hydrogen-bond acceptors (Lipinski definition) is 18. The largest absolute Gasteiger partial charge is 0.394 e. The van der Waals surface area contributed by atoms with Gasteiger partial charge in [-0.15, -0.1) is 0 Å². The molecular weight excluding hydrogens is 1020 g/mol. The standard InChI is InChI=1S/C60H115NO18/c1-3-5-7-9-11-13-15-17-18-19-20-21-22-23-24-26-27-29-31-33-35-37-44(65)43(61-48(66)38-36-34-32-30-28-25-16-14-12-10-8-6-4-2)42-74-58-54(72)51(69)56(46(40-63)76-58)79-60-55(73)52(70)57(47(41-64)77-60)78-59-53(71)50(68)49(67)45(39-62)75-59/h43-47,49-60,62-65,67-73H,3-42H2,1-2H3,(H,61,66). The number of hydrogen-bond donors (Lipinski definition) is 12. The molecule has 17 unspecified atom stereocenters. The van der Waals surface area contributed by atoms with E-state index in [1.807, 2.05) is 0 Å². The third kappa shape index (κ3) is 28.0. The molecule has 0 saturated carbocycles. The maximum absolute atomic E-state index is 13.3. The van der Waals surface area contributed by atoms with Crippen LogP contribution in [0.4, 0.5) is 0 Å². The van der Waals surface area contributed by atoms with Crippen LogP contribution in [0.25, 0.3) is 0 Å². The van der Waals surface area contributed by atoms with E-state index in [9.17, 15) is 61.0 Å². The van der Waals surface area contributed by atoms with E-state index in [0.717, 1.165) is 44.9 Å². The summed E-state index contributed by atoms with van der Waals surface area (Å²) in [5.41, 5.74) is 0. The van der Waals surface area contributed by atoms with Gasteiger partial charge >= 0.3 is 0 Å². The van der Waals surface area contributed by atoms with Gasteiger partial charge in [-0.2, -0.15) is 0 Å². The summed E-state index contributed by atoms with van der Waals surface area (Å²) in [5.74, 6) is -0.239. The van der Waals surface area contributed by atoms with Gasteiger partial charge in [0, 0.05) is 6.42 Å². The summed E-state index contributed by atoms with van der Waals surface area (Å²) >= 11 is 0. The van der Waals surface area contributed by atoms with Crippen molar-refractivity contribution in [1.82, 2.24) is 5.32 Å². The molecule has 3 fully saturated rings. The Morgan fingerprint density at radius 2 is 0.722 bits per heavy atom. The lowest BCUT2D eigenvalue weighted by molar-refractivity contribution is -0.379. The first-order valence-electron chi connectivity index (χ1n) is 31.8. The van der Waals surface area contributed by atoms with Crippen LogP contribution in [-0.4, -0.2) is 193 Å². The van der Waals surface area contributed by atoms with E-state index in [1.165, 1.54) is 167 Å². The van der Waals surface area contributed by atoms with Crippen LogP contribution in [0.1, 0.15) is 245 Å². The summed E-state index contributed by atoms with van der Waals surface area (Å²) < 4.78 is 34.3. The Balaban J connectivity index is 1.46. The van der Waals surface area contributed by atoms with Gasteiger partial charge in [-0.25, -0.2) is 0 Å². The van der Waals surface area contributed by atoms with E-state index < -0.39 is 124 Å². The molecule has 12 N–H and O–H groups in total. The van der Waals surface area contributed by atoms with E-state index >= 15 is 0 Å². The second-order valence-corrected chi connectivity index (χ2v) is 23.2. The number of carbonyl (C=O) groups is 1. The summed E-state index contributed by atoms with van der Waals surface area (Å²) in [7, 11) is 0. The van der Waals surface area contributed by atoms with Crippen LogP contribution in [0.15, 0.2) is 0 Å². The van der Waals surface area contributed by atoms with Crippen LogP contribution in [0.5, 0.6) is 0 Å². The lowest BCUT2D eigenvalue weighted by atomic mass is 9.96. The summed E-state index contributed by atoms with van der Waals surface area (Å²) in [6.07, 6.45) is 16.1. The highest BCUT2D eigenvalue weighted by atomic mass is 16.8. The Morgan fingerprint density at radius 1 is 0.405 bits per heavy atom. The molecule has 0 spiro atoms. The number of carbonyl (C=O) groups excluding carboxylic acids is 1. The fourth-order valence-electron chi connectivity index (χ4n) is 11.2. The summed E-state index contributed by atoms with van der Waals surface area (Å²) in [5, 5.41) is 120. The number of amides is 1. The van der Waals surface area contributed by atoms with Crippen LogP contribution in [-0.2, 0) is 33.2 Å². The first-order chi connectivity index (χ1) is 38.3. The van der Waals surface area contributed by atoms with Crippen molar-refractivity contribution in [1.29, 1.82) is 0 Å². The first kappa shape index (κ1) is 72.1. The summed E-state index contributed by atoms with van der Waals surface area (Å²) in [6, 6.07) is -0.880. The Labute approximate surface area is 474 Å². The van der Waals surface area contributed by atoms with Crippen molar-refractivity contribution in [2.75, 3.05) is 26.4 Å². The van der Waals surface area contributed by atoms with Gasteiger partial charge in [-0.05, 0) is 12.8 Å². The van der Waals surface area contributed by atoms with E-state index in [2.05, 4.69) is 19.2 Å². The highest BCUT2D eigenvalue weighted by Crippen LogP contribution is 2.33. The average Bonchev–Trinajstić information content (AvgIpc) is 3.48. The molecule has 3 saturated heterocycles. The van der Waals surface area contributed by atoms with Crippen molar-refractivity contribution in [2.24, 2.45) is 0 Å². The molecule has 468 valence electrons. The summed E-state index contributed by atoms with van der Waals surface area (Å²) in [6.45, 7) is 1.81. The van der Waals surface area contributed by atoms with E-state index in [-0.39, 0.29) is 18.9 Å². The van der Waals surface area contributed by atoms with Gasteiger partial charge in [0.05, 0.1) is 38.6 Å². The van der Waals surface area contributed by atoms with Gasteiger partial charge in [-0.3, -0.25) is 4.79 Å². The molecule has 19 nitrogen and oxygen atoms in total. The Bertz CT molecular complexity index is 1450. The fourth-order valence-corrected chi connectivity index (χ4v) is 11.2. The molecule has 0 aliphatic carbocycles. The van der Waals surface area contributed by atoms with Crippen molar-refractivity contribution >= 4 is 5.91 Å². The second-order valence-electron chi connectivity index (χ2n) is 23.2. The van der Waals surface area contributed by atoms with Crippen molar-refractivity contribution < 1.29 is 89.4 Å². The smallest absolute Gasteiger partial charge is 0.220 e. The maximum atomic E-state index is 13.3. The predicted molar refractivity (Wildman–Crippen MR) is 300 cm³/mol. The normalized spacial score (nSPS) is 30.2. The zero-order valence-corrected chi connectivity index (χ0v) is 48.9. The minimum absolute atomic E-state index is 0.239. The highest BCUT2D eigenvalue weighted by molar-refractivity contribution is 5.76. The fraction of sp³-hybridized carbons (Fsp3) is 0.983. The third-order valence-corrected chi connectivity index (χ3v) is 16.4. The van der Waals surface area contributed by atoms with Crippen molar-refractivity contribution in [2.45, 2.75) is 349 Å². The van der Waals surface area contributed by atoms with Gasteiger partial charge in [0.15, 0.2) is 18.9 Å². The van der Waals surface area contributed by atoms with Gasteiger partial charge in [0.1, 0.15) is 73.2 Å². The van der Waals surface area contributed by atoms with Crippen LogP contribution in [0.3, 0.4) is 0 Å². The Morgan fingerprint density at radius 3 is 1.10 bits per heavy atom. The van der Waals surface area contributed by atoms with E-state index in [0.29, 0.717) is 12.8 Å². The number of aliphatic hydroxyl groups excluding tert-OH is 11. The lowest BCUT2D eigenvalue weighted by Crippen LogP contribution is -2.66. The highest BCUT2D eigenvalue weighted by Gasteiger charge is 2.53. The van der Waals surface area contributed by atoms with Crippen LogP contribution >= 0.6 is 0 Å². The number of rotatable bonds is 48. The van der Waals surface area contributed by atoms with E-state index in [1.54, 1.807) is 0 Å². The molecule has 19 heteroatoms. The van der Waals surface area contributed by atoms with E-state index in [4.69, 9.17) is 28.4 Å². The first-order valence-corrected chi connectivity index (χ1v) is 31.8. The zero-order chi connectivity index (χ0) is 57.6. The van der Waals surface area contributed by atoms with Crippen molar-refractivity contribution in [3.63, 3.8) is 0 Å². The van der Waals surface area contributed by atoms with Crippen molar-refractivity contribution in [3.8, 4) is 0 Å². The average molecular weight is 1140 g/mol. The molecule has 0 radical (unpaired) electrons. The number of unbranched alkanes of at least 4 members (excludes halogenated alkanes) is 32. The molecule has 0 aromatic heterocycles. The molecule has 0 bridgehead atoms. The molecule has 0 aromatic carbocycles. The number of ether oxygens (including phenoxy) is 6. The van der Waals surface area contributed by atoms with Gasteiger partial charge in [0.25, 0.3) is 0 Å². The van der Waals surface area contributed by atoms with Gasteiger partial charge in [-0.1, -0.05) is 226 Å². The van der Waals surface area contributed by atoms with Crippen LogP contribution in [0, 0.1) is 0 Å². The second kappa shape index (κ2) is 44.3. The third-order valence-electron chi connectivity index (χ3n) is 16.4. The van der Waals surface area contributed by atoms with Crippen LogP contribution in [0.2, 0.25) is 0 Å². The predicted octanol–water partition coefficient (Wildman–Crippen LogP) is 6.38. The molecule has 3 rings (SSSR count). The summed E-state index contributed by atoms with van der Waals surface area (Å²) in [4.78, 5) is 13.3. The molecule has 0 aromatic rings. The van der Waals surface area contributed by atoms with Gasteiger partial charge < -0.3 is 89.9 Å². The van der Waals surface area contributed by atoms with Gasteiger partial charge in [0.2, 0.25) is 5.91 Å². The number of nitrogens with one attached hydrogen (secondary N) is 1. The molecule has 3 heterocycles. The number of aliphatic hydroxyl groups is 11. The topological polar surface area (TPSA) is 307 Å². The quantitative estimate of drug-likeness (QED) is 0.0294. The molecule has 3 aliphatic heterocycles. The molecule has 17 atom stereocenters. The van der Waals surface area contributed by atoms with Crippen LogP contribution < -0.4 is 5.32 Å². The monoisotopic (exact) mass is 1140 g/mol. The molecule has 3 aliphatic rings. The lowest BCUT2D eigenvalue weighted by Gasteiger charge is -2.48. The Kier molecular flexibility index (Phi) is 40.4.